The molecule has 1 aliphatic carbocycles. The fraction of sp³-hybridized carbons (Fsp3) is 0.360. The molecule has 2 aromatic carbocycles. The summed E-state index contributed by atoms with van der Waals surface area (Å²) >= 11 is 0. The summed E-state index contributed by atoms with van der Waals surface area (Å²) in [4.78, 5) is 20.3. The lowest BCUT2D eigenvalue weighted by Gasteiger charge is -2.31. The summed E-state index contributed by atoms with van der Waals surface area (Å²) in [5.74, 6) is 0.110. The molecular weight excluding hydrogens is 344 g/mol. The average molecular weight is 373 g/mol. The highest BCUT2D eigenvalue weighted by atomic mass is 16.2. The molecule has 3 heteroatoms. The van der Waals surface area contributed by atoms with Crippen LogP contribution in [0.25, 0.3) is 22.2 Å². The number of hydrogen-bond donors (Lipinski definition) is 0. The summed E-state index contributed by atoms with van der Waals surface area (Å²) in [6, 6.07) is 16.8. The van der Waals surface area contributed by atoms with Crippen molar-refractivity contribution in [3.63, 3.8) is 0 Å². The van der Waals surface area contributed by atoms with Crippen LogP contribution in [-0.2, 0) is 0 Å². The third-order valence-electron chi connectivity index (χ3n) is 5.98. The maximum Gasteiger partial charge on any atom is 0.254 e. The number of hydrogen-bond acceptors (Lipinski definition) is 2. The Labute approximate surface area is 167 Å². The van der Waals surface area contributed by atoms with Crippen LogP contribution in [0.15, 0.2) is 48.5 Å². The van der Waals surface area contributed by atoms with Crippen LogP contribution in [0.1, 0.15) is 53.6 Å². The van der Waals surface area contributed by atoms with Crippen LogP contribution < -0.4 is 0 Å². The Bertz CT molecular complexity index is 1000. The number of carbonyl (C=O) groups excluding carboxylic acids is 1. The molecular formula is C25H28N2O. The lowest BCUT2D eigenvalue weighted by atomic mass is 9.93. The molecule has 1 saturated carbocycles. The second-order valence-corrected chi connectivity index (χ2v) is 8.15. The highest BCUT2D eigenvalue weighted by Crippen LogP contribution is 2.29. The molecule has 0 radical (unpaired) electrons. The SMILES string of the molecule is Cc1ccc(-c2cc(C(=O)N(C)C3CCCCC3)c3cc(C)ccc3n2)cc1. The van der Waals surface area contributed by atoms with Gasteiger partial charge in [-0.2, -0.15) is 0 Å². The van der Waals surface area contributed by atoms with Gasteiger partial charge in [0.25, 0.3) is 5.91 Å². The van der Waals surface area contributed by atoms with Gasteiger partial charge in [0.05, 0.1) is 16.8 Å². The number of nitrogens with zero attached hydrogens (tertiary/aromatic N) is 2. The van der Waals surface area contributed by atoms with Gasteiger partial charge in [-0.3, -0.25) is 4.79 Å². The summed E-state index contributed by atoms with van der Waals surface area (Å²) in [5, 5.41) is 0.948. The third-order valence-corrected chi connectivity index (χ3v) is 5.98. The predicted molar refractivity (Wildman–Crippen MR) is 116 cm³/mol. The standard InChI is InChI=1S/C25H28N2O/c1-17-9-12-19(13-10-17)24-16-22(21-15-18(2)11-14-23(21)26-24)25(28)27(3)20-7-5-4-6-8-20/h9-16,20H,4-8H2,1-3H3. The first-order valence-corrected chi connectivity index (χ1v) is 10.3. The zero-order valence-corrected chi connectivity index (χ0v) is 17.0. The van der Waals surface area contributed by atoms with Gasteiger partial charge in [0.2, 0.25) is 0 Å². The lowest BCUT2D eigenvalue weighted by Crippen LogP contribution is -2.38. The molecule has 0 unspecified atom stereocenters. The second kappa shape index (κ2) is 7.75. The van der Waals surface area contributed by atoms with Gasteiger partial charge in [0.1, 0.15) is 0 Å². The topological polar surface area (TPSA) is 33.2 Å². The molecule has 1 heterocycles. The first-order valence-electron chi connectivity index (χ1n) is 10.3. The van der Waals surface area contributed by atoms with Crippen LogP contribution in [0.5, 0.6) is 0 Å². The van der Waals surface area contributed by atoms with E-state index in [2.05, 4.69) is 50.2 Å². The Hall–Kier alpha value is -2.68. The van der Waals surface area contributed by atoms with Crippen molar-refractivity contribution < 1.29 is 4.79 Å². The van der Waals surface area contributed by atoms with Crippen molar-refractivity contribution in [2.75, 3.05) is 7.05 Å². The van der Waals surface area contributed by atoms with Crippen LogP contribution in [0, 0.1) is 13.8 Å². The Morgan fingerprint density at radius 2 is 1.61 bits per heavy atom. The van der Waals surface area contributed by atoms with E-state index in [1.807, 2.05) is 24.1 Å². The van der Waals surface area contributed by atoms with Crippen molar-refractivity contribution in [2.45, 2.75) is 52.0 Å². The number of pyridine rings is 1. The number of amides is 1. The van der Waals surface area contributed by atoms with Gasteiger partial charge in [-0.1, -0.05) is 60.7 Å². The van der Waals surface area contributed by atoms with E-state index in [-0.39, 0.29) is 5.91 Å². The number of carbonyl (C=O) groups is 1. The average Bonchev–Trinajstić information content (AvgIpc) is 2.73. The number of aryl methyl sites for hydroxylation is 2. The van der Waals surface area contributed by atoms with Crippen LogP contribution in [-0.4, -0.2) is 28.9 Å². The largest absolute Gasteiger partial charge is 0.339 e. The van der Waals surface area contributed by atoms with Gasteiger partial charge in [-0.15, -0.1) is 0 Å². The zero-order valence-electron chi connectivity index (χ0n) is 17.0. The zero-order chi connectivity index (χ0) is 19.7. The number of fused-ring (bicyclic) bond motifs is 1. The lowest BCUT2D eigenvalue weighted by molar-refractivity contribution is 0.0698. The molecule has 0 atom stereocenters. The quantitative estimate of drug-likeness (QED) is 0.571. The molecule has 1 amide bonds. The molecule has 0 saturated heterocycles. The fourth-order valence-corrected chi connectivity index (χ4v) is 4.21. The summed E-state index contributed by atoms with van der Waals surface area (Å²) < 4.78 is 0. The highest BCUT2D eigenvalue weighted by molar-refractivity contribution is 6.07. The van der Waals surface area contributed by atoms with Crippen molar-refractivity contribution >= 4 is 16.8 Å². The first-order chi connectivity index (χ1) is 13.5. The van der Waals surface area contributed by atoms with Gasteiger partial charge < -0.3 is 4.90 Å². The molecule has 28 heavy (non-hydrogen) atoms. The molecule has 0 spiro atoms. The van der Waals surface area contributed by atoms with Crippen LogP contribution >= 0.6 is 0 Å². The van der Waals surface area contributed by atoms with Crippen molar-refractivity contribution in [2.24, 2.45) is 0 Å². The highest BCUT2D eigenvalue weighted by Gasteiger charge is 2.25. The molecule has 1 fully saturated rings. The van der Waals surface area contributed by atoms with E-state index in [1.54, 1.807) is 0 Å². The van der Waals surface area contributed by atoms with Gasteiger partial charge in [0.15, 0.2) is 0 Å². The van der Waals surface area contributed by atoms with Crippen molar-refractivity contribution in [1.82, 2.24) is 9.88 Å². The van der Waals surface area contributed by atoms with E-state index >= 15 is 0 Å². The molecule has 4 rings (SSSR count). The Morgan fingerprint density at radius 3 is 2.32 bits per heavy atom. The maximum atomic E-state index is 13.5. The van der Waals surface area contributed by atoms with Gasteiger partial charge in [-0.25, -0.2) is 4.98 Å². The Morgan fingerprint density at radius 1 is 0.929 bits per heavy atom. The number of aromatic nitrogens is 1. The molecule has 144 valence electrons. The van der Waals surface area contributed by atoms with Crippen molar-refractivity contribution in [3.8, 4) is 11.3 Å². The van der Waals surface area contributed by atoms with E-state index in [0.717, 1.165) is 46.1 Å². The van der Waals surface area contributed by atoms with Crippen LogP contribution in [0.4, 0.5) is 0 Å². The predicted octanol–water partition coefficient (Wildman–Crippen LogP) is 5.92. The van der Waals surface area contributed by atoms with E-state index in [9.17, 15) is 4.79 Å². The normalized spacial score (nSPS) is 15.0. The van der Waals surface area contributed by atoms with E-state index in [1.165, 1.54) is 24.8 Å². The minimum absolute atomic E-state index is 0.110. The van der Waals surface area contributed by atoms with E-state index in [0.29, 0.717) is 6.04 Å². The molecule has 0 bridgehead atoms. The molecule has 3 nitrogen and oxygen atoms in total. The monoisotopic (exact) mass is 372 g/mol. The van der Waals surface area contributed by atoms with Crippen molar-refractivity contribution in [1.29, 1.82) is 0 Å². The van der Waals surface area contributed by atoms with Crippen LogP contribution in [0.3, 0.4) is 0 Å². The second-order valence-electron chi connectivity index (χ2n) is 8.15. The van der Waals surface area contributed by atoms with Gasteiger partial charge >= 0.3 is 0 Å². The van der Waals surface area contributed by atoms with E-state index < -0.39 is 0 Å². The minimum atomic E-state index is 0.110. The van der Waals surface area contributed by atoms with E-state index in [4.69, 9.17) is 4.98 Å². The van der Waals surface area contributed by atoms with Crippen molar-refractivity contribution in [3.05, 3.63) is 65.2 Å². The number of rotatable bonds is 3. The third kappa shape index (κ3) is 3.66. The molecule has 0 aliphatic heterocycles. The summed E-state index contributed by atoms with van der Waals surface area (Å²) in [5.41, 5.74) is 5.90. The summed E-state index contributed by atoms with van der Waals surface area (Å²) in [7, 11) is 1.96. The maximum absolute atomic E-state index is 13.5. The Balaban J connectivity index is 1.81. The van der Waals surface area contributed by atoms with Crippen LogP contribution in [0.2, 0.25) is 0 Å². The summed E-state index contributed by atoms with van der Waals surface area (Å²) in [6.45, 7) is 4.14. The Kier molecular flexibility index (Phi) is 5.17. The minimum Gasteiger partial charge on any atom is -0.339 e. The first kappa shape index (κ1) is 18.7. The number of benzene rings is 2. The smallest absolute Gasteiger partial charge is 0.254 e. The molecule has 1 aliphatic rings. The molecule has 0 N–H and O–H groups in total. The summed E-state index contributed by atoms with van der Waals surface area (Å²) in [6.07, 6.45) is 5.93. The van der Waals surface area contributed by atoms with Gasteiger partial charge in [-0.05, 0) is 44.9 Å². The molecule has 1 aromatic heterocycles. The molecule has 3 aromatic rings. The van der Waals surface area contributed by atoms with Gasteiger partial charge in [0, 0.05) is 24.0 Å². The fourth-order valence-electron chi connectivity index (χ4n) is 4.21.